The van der Waals surface area contributed by atoms with Gasteiger partial charge in [0.15, 0.2) is 10.8 Å². The predicted molar refractivity (Wildman–Crippen MR) is 91.4 cm³/mol. The first-order chi connectivity index (χ1) is 11.1. The van der Waals surface area contributed by atoms with E-state index in [4.69, 9.17) is 39.5 Å². The molecule has 23 heavy (non-hydrogen) atoms. The third kappa shape index (κ3) is 3.34. The highest BCUT2D eigenvalue weighted by Gasteiger charge is 2.14. The van der Waals surface area contributed by atoms with Gasteiger partial charge in [0.1, 0.15) is 5.75 Å². The number of benzene rings is 2. The Hall–Kier alpha value is -2.01. The maximum atomic E-state index is 12.4. The largest absolute Gasteiger partial charge is 0.452 e. The zero-order chi connectivity index (χ0) is 16.4. The topological polar surface area (TPSA) is 44.1 Å². The van der Waals surface area contributed by atoms with Gasteiger partial charge in [0.05, 0.1) is 16.9 Å². The van der Waals surface area contributed by atoms with Crippen molar-refractivity contribution >= 4 is 34.8 Å². The standard InChI is InChI=1S/C16H9Cl3N2O2/c17-10-6-7-13(12(18)8-10)23-14-9-20-21(16(22)15(14)19)11-4-2-1-3-5-11/h1-9H. The normalized spacial score (nSPS) is 10.6. The van der Waals surface area contributed by atoms with Crippen LogP contribution in [0.15, 0.2) is 59.5 Å². The number of rotatable bonds is 3. The van der Waals surface area contributed by atoms with Crippen molar-refractivity contribution in [3.05, 3.63) is 80.1 Å². The van der Waals surface area contributed by atoms with E-state index in [1.807, 2.05) is 6.07 Å². The summed E-state index contributed by atoms with van der Waals surface area (Å²) in [5.74, 6) is 0.449. The Morgan fingerprint density at radius 2 is 1.70 bits per heavy atom. The number of para-hydroxylation sites is 1. The van der Waals surface area contributed by atoms with E-state index < -0.39 is 5.56 Å². The molecule has 0 saturated carbocycles. The molecule has 0 aliphatic rings. The molecular weight excluding hydrogens is 359 g/mol. The molecule has 0 aliphatic heterocycles. The molecule has 4 nitrogen and oxygen atoms in total. The molecule has 1 heterocycles. The maximum absolute atomic E-state index is 12.4. The van der Waals surface area contributed by atoms with Gasteiger partial charge in [0.2, 0.25) is 0 Å². The quantitative estimate of drug-likeness (QED) is 0.655. The van der Waals surface area contributed by atoms with Gasteiger partial charge in [-0.05, 0) is 30.3 Å². The van der Waals surface area contributed by atoms with E-state index >= 15 is 0 Å². The van der Waals surface area contributed by atoms with Gasteiger partial charge >= 0.3 is 0 Å². The molecule has 0 atom stereocenters. The number of nitrogens with zero attached hydrogens (tertiary/aromatic N) is 2. The zero-order valence-electron chi connectivity index (χ0n) is 11.5. The fourth-order valence-electron chi connectivity index (χ4n) is 1.92. The van der Waals surface area contributed by atoms with Crippen LogP contribution in [-0.2, 0) is 0 Å². The lowest BCUT2D eigenvalue weighted by atomic mass is 10.3. The molecule has 0 radical (unpaired) electrons. The van der Waals surface area contributed by atoms with Crippen LogP contribution in [0.1, 0.15) is 0 Å². The van der Waals surface area contributed by atoms with Gasteiger partial charge in [-0.1, -0.05) is 53.0 Å². The smallest absolute Gasteiger partial charge is 0.294 e. The average molecular weight is 368 g/mol. The molecule has 0 aliphatic carbocycles. The van der Waals surface area contributed by atoms with Gasteiger partial charge < -0.3 is 4.74 Å². The minimum absolute atomic E-state index is 0.0881. The molecule has 0 fully saturated rings. The molecular formula is C16H9Cl3N2O2. The van der Waals surface area contributed by atoms with E-state index in [0.717, 1.165) is 0 Å². The van der Waals surface area contributed by atoms with E-state index in [9.17, 15) is 4.79 Å². The molecule has 0 bridgehead atoms. The minimum Gasteiger partial charge on any atom is -0.452 e. The van der Waals surface area contributed by atoms with Gasteiger partial charge in [0, 0.05) is 5.02 Å². The van der Waals surface area contributed by atoms with Gasteiger partial charge in [-0.25, -0.2) is 0 Å². The van der Waals surface area contributed by atoms with Gasteiger partial charge in [0.25, 0.3) is 5.56 Å². The molecule has 0 N–H and O–H groups in total. The lowest BCUT2D eigenvalue weighted by Crippen LogP contribution is -2.21. The van der Waals surface area contributed by atoms with Crippen molar-refractivity contribution in [3.8, 4) is 17.2 Å². The second-order valence-electron chi connectivity index (χ2n) is 4.55. The molecule has 3 rings (SSSR count). The fraction of sp³-hybridized carbons (Fsp3) is 0. The molecule has 0 saturated heterocycles. The van der Waals surface area contributed by atoms with Crippen LogP contribution in [0.25, 0.3) is 5.69 Å². The van der Waals surface area contributed by atoms with E-state index in [1.54, 1.807) is 36.4 Å². The molecule has 0 unspecified atom stereocenters. The summed E-state index contributed by atoms with van der Waals surface area (Å²) in [4.78, 5) is 12.4. The number of ether oxygens (including phenoxy) is 1. The third-order valence-corrected chi connectivity index (χ3v) is 3.88. The molecule has 0 spiro atoms. The first kappa shape index (κ1) is 15.9. The van der Waals surface area contributed by atoms with Crippen molar-refractivity contribution in [1.82, 2.24) is 9.78 Å². The van der Waals surface area contributed by atoms with E-state index in [2.05, 4.69) is 5.10 Å². The summed E-state index contributed by atoms with van der Waals surface area (Å²) in [5, 5.41) is 4.77. The highest BCUT2D eigenvalue weighted by atomic mass is 35.5. The summed E-state index contributed by atoms with van der Waals surface area (Å²) < 4.78 is 6.76. The van der Waals surface area contributed by atoms with Crippen molar-refractivity contribution in [2.45, 2.75) is 0 Å². The second-order valence-corrected chi connectivity index (χ2v) is 5.77. The Morgan fingerprint density at radius 3 is 2.39 bits per heavy atom. The predicted octanol–water partition coefficient (Wildman–Crippen LogP) is 4.99. The van der Waals surface area contributed by atoms with Crippen LogP contribution in [0.2, 0.25) is 15.1 Å². The van der Waals surface area contributed by atoms with Crippen LogP contribution in [0.3, 0.4) is 0 Å². The summed E-state index contributed by atoms with van der Waals surface area (Å²) in [6.07, 6.45) is 1.36. The van der Waals surface area contributed by atoms with Crippen LogP contribution in [0.4, 0.5) is 0 Å². The van der Waals surface area contributed by atoms with Crippen molar-refractivity contribution in [2.75, 3.05) is 0 Å². The molecule has 1 aromatic heterocycles. The van der Waals surface area contributed by atoms with E-state index in [-0.39, 0.29) is 10.8 Å². The van der Waals surface area contributed by atoms with E-state index in [0.29, 0.717) is 21.5 Å². The van der Waals surface area contributed by atoms with Crippen LogP contribution < -0.4 is 10.3 Å². The van der Waals surface area contributed by atoms with Crippen LogP contribution >= 0.6 is 34.8 Å². The monoisotopic (exact) mass is 366 g/mol. The number of hydrogen-bond acceptors (Lipinski definition) is 3. The highest BCUT2D eigenvalue weighted by molar-refractivity contribution is 6.35. The van der Waals surface area contributed by atoms with Crippen LogP contribution in [-0.4, -0.2) is 9.78 Å². The molecule has 0 amide bonds. The number of aromatic nitrogens is 2. The summed E-state index contributed by atoms with van der Waals surface area (Å²) in [6, 6.07) is 13.7. The van der Waals surface area contributed by atoms with Crippen molar-refractivity contribution in [1.29, 1.82) is 0 Å². The lowest BCUT2D eigenvalue weighted by Gasteiger charge is -2.10. The maximum Gasteiger partial charge on any atom is 0.294 e. The Morgan fingerprint density at radius 1 is 0.957 bits per heavy atom. The highest BCUT2D eigenvalue weighted by Crippen LogP contribution is 2.33. The van der Waals surface area contributed by atoms with E-state index in [1.165, 1.54) is 16.9 Å². The second kappa shape index (κ2) is 6.62. The van der Waals surface area contributed by atoms with Crippen molar-refractivity contribution < 1.29 is 4.74 Å². The Kier molecular flexibility index (Phi) is 4.57. The Labute approximate surface area is 146 Å². The first-order valence-electron chi connectivity index (χ1n) is 6.52. The Balaban J connectivity index is 1.99. The summed E-state index contributed by atoms with van der Waals surface area (Å²) >= 11 is 18.0. The van der Waals surface area contributed by atoms with Gasteiger partial charge in [-0.2, -0.15) is 9.78 Å². The number of halogens is 3. The van der Waals surface area contributed by atoms with Crippen molar-refractivity contribution in [3.63, 3.8) is 0 Å². The molecule has 116 valence electrons. The Bertz CT molecular complexity index is 911. The summed E-state index contributed by atoms with van der Waals surface area (Å²) in [7, 11) is 0. The zero-order valence-corrected chi connectivity index (χ0v) is 13.8. The fourth-order valence-corrected chi connectivity index (χ4v) is 2.53. The summed E-state index contributed by atoms with van der Waals surface area (Å²) in [6.45, 7) is 0. The number of hydrogen-bond donors (Lipinski definition) is 0. The average Bonchev–Trinajstić information content (AvgIpc) is 2.55. The molecule has 7 heteroatoms. The molecule has 3 aromatic rings. The summed E-state index contributed by atoms with van der Waals surface area (Å²) in [5.41, 5.74) is 0.121. The van der Waals surface area contributed by atoms with Crippen LogP contribution in [0, 0.1) is 0 Å². The van der Waals surface area contributed by atoms with Gasteiger partial charge in [-0.15, -0.1) is 0 Å². The SMILES string of the molecule is O=c1c(Cl)c(Oc2ccc(Cl)cc2Cl)cnn1-c1ccccc1. The lowest BCUT2D eigenvalue weighted by molar-refractivity contribution is 0.475. The molecule has 2 aromatic carbocycles. The third-order valence-electron chi connectivity index (χ3n) is 3.00. The van der Waals surface area contributed by atoms with Crippen molar-refractivity contribution in [2.24, 2.45) is 0 Å². The van der Waals surface area contributed by atoms with Gasteiger partial charge in [-0.3, -0.25) is 4.79 Å². The van der Waals surface area contributed by atoms with Crippen LogP contribution in [0.5, 0.6) is 11.5 Å². The minimum atomic E-state index is -0.486. The first-order valence-corrected chi connectivity index (χ1v) is 7.66.